The Hall–Kier alpha value is -2.07. The highest BCUT2D eigenvalue weighted by molar-refractivity contribution is 6.74. The maximum absolute atomic E-state index is 13.5. The molecule has 0 aliphatic carbocycles. The molecule has 196 valence electrons. The molecule has 0 radical (unpaired) electrons. The Labute approximate surface area is 206 Å². The molecule has 0 saturated carbocycles. The van der Waals surface area contributed by atoms with Gasteiger partial charge in [-0.2, -0.15) is 13.2 Å². The molecule has 0 unspecified atom stereocenters. The van der Waals surface area contributed by atoms with Gasteiger partial charge in [-0.25, -0.2) is 4.79 Å². The molecule has 0 spiro atoms. The van der Waals surface area contributed by atoms with Gasteiger partial charge in [-0.15, -0.1) is 0 Å². The molecule has 2 amide bonds. The largest absolute Gasteiger partial charge is 0.444 e. The van der Waals surface area contributed by atoms with E-state index in [1.165, 1.54) is 17.0 Å². The molecule has 6 nitrogen and oxygen atoms in total. The van der Waals surface area contributed by atoms with Crippen molar-refractivity contribution in [2.45, 2.75) is 90.0 Å². The van der Waals surface area contributed by atoms with Crippen molar-refractivity contribution >= 4 is 26.0 Å². The van der Waals surface area contributed by atoms with Crippen LogP contribution in [0.3, 0.4) is 0 Å². The Bertz CT molecular complexity index is 951. The quantitative estimate of drug-likeness (QED) is 0.458. The van der Waals surface area contributed by atoms with Gasteiger partial charge in [0, 0.05) is 12.2 Å². The molecular formula is C25H37F3N2O4Si. The normalized spacial score (nSPS) is 23.6. The minimum Gasteiger partial charge on any atom is -0.444 e. The van der Waals surface area contributed by atoms with Crippen LogP contribution in [0.5, 0.6) is 0 Å². The average molecular weight is 515 g/mol. The van der Waals surface area contributed by atoms with Crippen LogP contribution in [0.2, 0.25) is 18.1 Å². The second-order valence-corrected chi connectivity index (χ2v) is 16.8. The van der Waals surface area contributed by atoms with E-state index in [1.54, 1.807) is 25.7 Å². The lowest BCUT2D eigenvalue weighted by Crippen LogP contribution is -2.50. The number of rotatable bonds is 4. The molecule has 2 aliphatic heterocycles. The van der Waals surface area contributed by atoms with Crippen molar-refractivity contribution in [1.82, 2.24) is 4.90 Å². The number of hydrogen-bond donors (Lipinski definition) is 0. The van der Waals surface area contributed by atoms with Crippen molar-refractivity contribution in [3.63, 3.8) is 0 Å². The molecule has 0 aromatic heterocycles. The Balaban J connectivity index is 1.91. The second-order valence-electron chi connectivity index (χ2n) is 12.0. The minimum absolute atomic E-state index is 0.0479. The van der Waals surface area contributed by atoms with E-state index in [0.29, 0.717) is 12.1 Å². The number of carbonyl (C=O) groups is 2. The van der Waals surface area contributed by atoms with Crippen molar-refractivity contribution in [1.29, 1.82) is 0 Å². The van der Waals surface area contributed by atoms with E-state index in [4.69, 9.17) is 9.16 Å². The lowest BCUT2D eigenvalue weighted by Gasteiger charge is -2.38. The molecule has 3 atom stereocenters. The minimum atomic E-state index is -4.46. The molecule has 10 heteroatoms. The van der Waals surface area contributed by atoms with E-state index in [0.717, 1.165) is 12.1 Å². The monoisotopic (exact) mass is 514 g/mol. The number of alkyl halides is 3. The topological polar surface area (TPSA) is 59.1 Å². The first kappa shape index (κ1) is 27.5. The zero-order valence-electron chi connectivity index (χ0n) is 21.8. The van der Waals surface area contributed by atoms with Crippen LogP contribution in [0, 0.1) is 5.92 Å². The first-order valence-corrected chi connectivity index (χ1v) is 14.9. The molecule has 1 aromatic rings. The number of amides is 2. The average Bonchev–Trinajstić information content (AvgIpc) is 3.00. The second kappa shape index (κ2) is 9.10. The number of fused-ring (bicyclic) bond motifs is 2. The summed E-state index contributed by atoms with van der Waals surface area (Å²) >= 11 is 0. The van der Waals surface area contributed by atoms with Crippen LogP contribution in [-0.4, -0.2) is 56.1 Å². The maximum atomic E-state index is 13.5. The molecule has 2 saturated heterocycles. The summed E-state index contributed by atoms with van der Waals surface area (Å²) in [5.41, 5.74) is -1.10. The summed E-state index contributed by atoms with van der Waals surface area (Å²) in [4.78, 5) is 29.9. The van der Waals surface area contributed by atoms with Gasteiger partial charge in [-0.05, 0) is 69.6 Å². The summed E-state index contributed by atoms with van der Waals surface area (Å²) in [5.74, 6) is -0.732. The number of carbonyl (C=O) groups excluding carboxylic acids is 2. The van der Waals surface area contributed by atoms with Gasteiger partial charge < -0.3 is 14.1 Å². The van der Waals surface area contributed by atoms with E-state index in [-0.39, 0.29) is 30.1 Å². The first-order valence-electron chi connectivity index (χ1n) is 12.0. The highest BCUT2D eigenvalue weighted by Gasteiger charge is 2.54. The first-order chi connectivity index (χ1) is 15.8. The zero-order valence-corrected chi connectivity index (χ0v) is 22.8. The van der Waals surface area contributed by atoms with E-state index in [9.17, 15) is 22.8 Å². The molecular weight excluding hydrogens is 477 g/mol. The fourth-order valence-electron chi connectivity index (χ4n) is 4.33. The number of hydrogen-bond acceptors (Lipinski definition) is 4. The van der Waals surface area contributed by atoms with Gasteiger partial charge >= 0.3 is 12.3 Å². The van der Waals surface area contributed by atoms with Crippen LogP contribution < -0.4 is 4.90 Å². The third-order valence-corrected chi connectivity index (χ3v) is 11.8. The van der Waals surface area contributed by atoms with E-state index in [2.05, 4.69) is 33.9 Å². The summed E-state index contributed by atoms with van der Waals surface area (Å²) in [6.07, 6.45) is -4.49. The number of benzene rings is 1. The molecule has 2 bridgehead atoms. The van der Waals surface area contributed by atoms with E-state index >= 15 is 0 Å². The van der Waals surface area contributed by atoms with E-state index < -0.39 is 43.7 Å². The maximum Gasteiger partial charge on any atom is 0.416 e. The van der Waals surface area contributed by atoms with Gasteiger partial charge in [-0.1, -0.05) is 20.8 Å². The smallest absolute Gasteiger partial charge is 0.416 e. The van der Waals surface area contributed by atoms with Crippen LogP contribution in [-0.2, 0) is 20.1 Å². The lowest BCUT2D eigenvalue weighted by atomic mass is 9.93. The van der Waals surface area contributed by atoms with Crippen molar-refractivity contribution in [3.05, 3.63) is 29.8 Å². The molecule has 0 N–H and O–H groups in total. The fourth-order valence-corrected chi connectivity index (χ4v) is 5.35. The van der Waals surface area contributed by atoms with Crippen molar-refractivity contribution < 1.29 is 31.9 Å². The van der Waals surface area contributed by atoms with Crippen LogP contribution in [0.1, 0.15) is 53.5 Å². The van der Waals surface area contributed by atoms with Gasteiger partial charge in [-0.3, -0.25) is 9.69 Å². The zero-order chi connectivity index (χ0) is 26.6. The highest BCUT2D eigenvalue weighted by Crippen LogP contribution is 2.42. The van der Waals surface area contributed by atoms with Crippen molar-refractivity contribution in [2.75, 3.05) is 18.1 Å². The number of anilines is 1. The Morgan fingerprint density at radius 1 is 1.06 bits per heavy atom. The highest BCUT2D eigenvalue weighted by atomic mass is 28.4. The van der Waals surface area contributed by atoms with Crippen LogP contribution in [0.15, 0.2) is 24.3 Å². The molecule has 2 fully saturated rings. The Kier molecular flexibility index (Phi) is 7.15. The molecule has 2 aliphatic rings. The van der Waals surface area contributed by atoms with E-state index in [1.807, 2.05) is 0 Å². The molecule has 35 heavy (non-hydrogen) atoms. The number of likely N-dealkylation sites (tertiary alicyclic amines) is 1. The Morgan fingerprint density at radius 3 is 2.11 bits per heavy atom. The summed E-state index contributed by atoms with van der Waals surface area (Å²) in [5, 5.41) is -0.0479. The summed E-state index contributed by atoms with van der Waals surface area (Å²) < 4.78 is 51.2. The van der Waals surface area contributed by atoms with Gasteiger partial charge in [0.1, 0.15) is 5.60 Å². The van der Waals surface area contributed by atoms with Gasteiger partial charge in [0.05, 0.1) is 30.2 Å². The summed E-state index contributed by atoms with van der Waals surface area (Å²) in [6, 6.07) is 3.75. The third-order valence-electron chi connectivity index (χ3n) is 7.25. The lowest BCUT2D eigenvalue weighted by molar-refractivity contribution is -0.137. The number of piperidine rings is 1. The van der Waals surface area contributed by atoms with Gasteiger partial charge in [0.2, 0.25) is 5.91 Å². The molecule has 2 heterocycles. The number of ether oxygens (including phenoxy) is 1. The SMILES string of the molecule is CC(C)(C)OC(=O)N1[C@@H]2C[C@@H](C(=O)N(c3ccc(C(F)(F)F)cc3)C2)[C@@H]1CO[Si](C)(C)C(C)(C)C. The predicted octanol–water partition coefficient (Wildman–Crippen LogP) is 6.07. The third kappa shape index (κ3) is 5.85. The van der Waals surface area contributed by atoms with Crippen LogP contribution in [0.4, 0.5) is 23.7 Å². The summed E-state index contributed by atoms with van der Waals surface area (Å²) in [7, 11) is -2.17. The van der Waals surface area contributed by atoms with Crippen molar-refractivity contribution in [3.8, 4) is 0 Å². The predicted molar refractivity (Wildman–Crippen MR) is 131 cm³/mol. The van der Waals surface area contributed by atoms with Crippen LogP contribution >= 0.6 is 0 Å². The van der Waals surface area contributed by atoms with Crippen molar-refractivity contribution in [2.24, 2.45) is 5.92 Å². The molecule has 3 rings (SSSR count). The van der Waals surface area contributed by atoms with Gasteiger partial charge in [0.25, 0.3) is 0 Å². The molecule has 1 aromatic carbocycles. The van der Waals surface area contributed by atoms with Gasteiger partial charge in [0.15, 0.2) is 8.32 Å². The fraction of sp³-hybridized carbons (Fsp3) is 0.680. The number of halogens is 3. The Morgan fingerprint density at radius 2 is 1.63 bits per heavy atom. The van der Waals surface area contributed by atoms with Crippen LogP contribution in [0.25, 0.3) is 0 Å². The number of nitrogens with zero attached hydrogens (tertiary/aromatic N) is 2. The summed E-state index contributed by atoms with van der Waals surface area (Å²) in [6.45, 7) is 16.3. The standard InChI is InChI=1S/C25H37F3N2O4Si/c1-23(2,3)34-22(32)30-18-13-19(20(30)15-33-35(7,8)24(4,5)6)21(31)29(14-18)17-11-9-16(10-12-17)25(26,27)28/h9-12,18-20H,13-15H2,1-8H3/t18-,19-,20+/m1/s1.